The molecule has 0 saturated carbocycles. The lowest BCUT2D eigenvalue weighted by atomic mass is 10.1. The molecular formula is C15H13Cl3N2O. The average molecular weight is 344 g/mol. The number of rotatable bonds is 3. The van der Waals surface area contributed by atoms with Gasteiger partial charge in [0.1, 0.15) is 0 Å². The summed E-state index contributed by atoms with van der Waals surface area (Å²) in [4.78, 5) is 14.0. The fourth-order valence-electron chi connectivity index (χ4n) is 1.91. The topological polar surface area (TPSA) is 46.3 Å². The maximum absolute atomic E-state index is 12.4. The Labute approximate surface area is 138 Å². The molecule has 110 valence electrons. The van der Waals surface area contributed by atoms with Crippen molar-refractivity contribution in [1.29, 1.82) is 0 Å². The number of carbonyl (C=O) groups excluding carboxylic acids is 1. The van der Waals surface area contributed by atoms with Crippen molar-refractivity contribution >= 4 is 46.4 Å². The number of anilines is 1. The zero-order valence-electron chi connectivity index (χ0n) is 11.2. The van der Waals surface area contributed by atoms with E-state index in [1.54, 1.807) is 24.1 Å². The van der Waals surface area contributed by atoms with Crippen molar-refractivity contribution < 1.29 is 4.79 Å². The highest BCUT2D eigenvalue weighted by Gasteiger charge is 2.18. The number of carbonyl (C=O) groups is 1. The zero-order valence-corrected chi connectivity index (χ0v) is 13.5. The maximum atomic E-state index is 12.4. The Morgan fingerprint density at radius 2 is 1.76 bits per heavy atom. The summed E-state index contributed by atoms with van der Waals surface area (Å²) in [5, 5.41) is 1.12. The molecule has 0 spiro atoms. The smallest absolute Gasteiger partial charge is 0.255 e. The molecule has 6 heteroatoms. The fraction of sp³-hybridized carbons (Fsp3) is 0.133. The number of nitrogens with zero attached hydrogens (tertiary/aromatic N) is 1. The van der Waals surface area contributed by atoms with Crippen molar-refractivity contribution in [1.82, 2.24) is 4.90 Å². The summed E-state index contributed by atoms with van der Waals surface area (Å²) in [5.41, 5.74) is 7.35. The maximum Gasteiger partial charge on any atom is 0.255 e. The van der Waals surface area contributed by atoms with Crippen molar-refractivity contribution in [3.63, 3.8) is 0 Å². The van der Waals surface area contributed by atoms with E-state index in [1.807, 2.05) is 12.1 Å². The molecule has 2 N–H and O–H groups in total. The van der Waals surface area contributed by atoms with Gasteiger partial charge in [-0.1, -0.05) is 46.9 Å². The largest absolute Gasteiger partial charge is 0.399 e. The minimum atomic E-state index is -0.246. The highest BCUT2D eigenvalue weighted by atomic mass is 35.5. The predicted octanol–water partition coefficient (Wildman–Crippen LogP) is 4.50. The van der Waals surface area contributed by atoms with Gasteiger partial charge in [0.05, 0.1) is 15.6 Å². The van der Waals surface area contributed by atoms with Gasteiger partial charge in [0.15, 0.2) is 0 Å². The molecule has 1 amide bonds. The van der Waals surface area contributed by atoms with E-state index in [1.165, 1.54) is 12.1 Å². The van der Waals surface area contributed by atoms with E-state index < -0.39 is 0 Å². The van der Waals surface area contributed by atoms with E-state index in [0.717, 1.165) is 5.56 Å². The van der Waals surface area contributed by atoms with Crippen molar-refractivity contribution in [2.24, 2.45) is 0 Å². The summed E-state index contributed by atoms with van der Waals surface area (Å²) < 4.78 is 0. The van der Waals surface area contributed by atoms with E-state index in [9.17, 15) is 4.79 Å². The first-order valence-electron chi connectivity index (χ1n) is 6.13. The van der Waals surface area contributed by atoms with Gasteiger partial charge in [0.2, 0.25) is 0 Å². The van der Waals surface area contributed by atoms with Gasteiger partial charge in [-0.15, -0.1) is 0 Å². The first kappa shape index (κ1) is 16.0. The molecule has 0 fully saturated rings. The van der Waals surface area contributed by atoms with Gasteiger partial charge in [0, 0.05) is 24.3 Å². The lowest BCUT2D eigenvalue weighted by Gasteiger charge is -2.18. The normalized spacial score (nSPS) is 10.5. The van der Waals surface area contributed by atoms with E-state index in [0.29, 0.717) is 17.3 Å². The van der Waals surface area contributed by atoms with E-state index in [2.05, 4.69) is 0 Å². The number of benzene rings is 2. The predicted molar refractivity (Wildman–Crippen MR) is 88.1 cm³/mol. The third kappa shape index (κ3) is 3.82. The highest BCUT2D eigenvalue weighted by Crippen LogP contribution is 2.29. The first-order valence-corrected chi connectivity index (χ1v) is 7.26. The SMILES string of the molecule is CN(Cc1ccc(Cl)cc1)C(=O)c1cc(N)cc(Cl)c1Cl. The van der Waals surface area contributed by atoms with E-state index in [4.69, 9.17) is 40.5 Å². The van der Waals surface area contributed by atoms with Crippen molar-refractivity contribution in [2.75, 3.05) is 12.8 Å². The third-order valence-electron chi connectivity index (χ3n) is 2.96. The van der Waals surface area contributed by atoms with Crippen molar-refractivity contribution in [2.45, 2.75) is 6.54 Å². The number of amides is 1. The Balaban J connectivity index is 2.21. The summed E-state index contributed by atoms with van der Waals surface area (Å²) in [6.07, 6.45) is 0. The van der Waals surface area contributed by atoms with Gasteiger partial charge < -0.3 is 10.6 Å². The van der Waals surface area contributed by atoms with Crippen LogP contribution in [0.25, 0.3) is 0 Å². The van der Waals surface area contributed by atoms with Gasteiger partial charge in [-0.3, -0.25) is 4.79 Å². The molecule has 0 aliphatic heterocycles. The molecule has 0 radical (unpaired) electrons. The van der Waals surface area contributed by atoms with E-state index in [-0.39, 0.29) is 21.5 Å². The van der Waals surface area contributed by atoms with Crippen LogP contribution >= 0.6 is 34.8 Å². The Bertz CT molecular complexity index is 671. The van der Waals surface area contributed by atoms with Gasteiger partial charge in [-0.2, -0.15) is 0 Å². The van der Waals surface area contributed by atoms with Crippen LogP contribution in [0.4, 0.5) is 5.69 Å². The van der Waals surface area contributed by atoms with Crippen LogP contribution < -0.4 is 5.73 Å². The second-order valence-electron chi connectivity index (χ2n) is 4.65. The Morgan fingerprint density at radius 1 is 1.14 bits per heavy atom. The van der Waals surface area contributed by atoms with Gasteiger partial charge in [0.25, 0.3) is 5.91 Å². The van der Waals surface area contributed by atoms with Crippen LogP contribution in [0.2, 0.25) is 15.1 Å². The summed E-state index contributed by atoms with van der Waals surface area (Å²) >= 11 is 17.9. The number of nitrogen functional groups attached to an aromatic ring is 1. The molecule has 3 nitrogen and oxygen atoms in total. The van der Waals surface area contributed by atoms with Crippen LogP contribution in [-0.4, -0.2) is 17.9 Å². The molecule has 0 atom stereocenters. The number of hydrogen-bond donors (Lipinski definition) is 1. The lowest BCUT2D eigenvalue weighted by molar-refractivity contribution is 0.0785. The van der Waals surface area contributed by atoms with Crippen molar-refractivity contribution in [3.8, 4) is 0 Å². The zero-order chi connectivity index (χ0) is 15.6. The number of halogens is 3. The molecule has 0 saturated heterocycles. The standard InChI is InChI=1S/C15H13Cl3N2O/c1-20(8-9-2-4-10(16)5-3-9)15(21)12-6-11(19)7-13(17)14(12)18/h2-7H,8,19H2,1H3. The molecule has 0 aliphatic carbocycles. The summed E-state index contributed by atoms with van der Waals surface area (Å²) in [6.45, 7) is 0.429. The minimum absolute atomic E-state index is 0.207. The molecule has 2 aromatic carbocycles. The molecular weight excluding hydrogens is 331 g/mol. The number of nitrogens with two attached hydrogens (primary N) is 1. The van der Waals surface area contributed by atoms with Gasteiger partial charge in [-0.05, 0) is 29.8 Å². The fourth-order valence-corrected chi connectivity index (χ4v) is 2.45. The summed E-state index contributed by atoms with van der Waals surface area (Å²) in [6, 6.07) is 10.3. The van der Waals surface area contributed by atoms with Crippen LogP contribution in [0.3, 0.4) is 0 Å². The molecule has 0 aliphatic rings. The monoisotopic (exact) mass is 342 g/mol. The molecule has 0 unspecified atom stereocenters. The van der Waals surface area contributed by atoms with Gasteiger partial charge in [-0.25, -0.2) is 0 Å². The summed E-state index contributed by atoms with van der Waals surface area (Å²) in [5.74, 6) is -0.246. The third-order valence-corrected chi connectivity index (χ3v) is 4.01. The minimum Gasteiger partial charge on any atom is -0.399 e. The Hall–Kier alpha value is -1.42. The second-order valence-corrected chi connectivity index (χ2v) is 5.87. The molecule has 21 heavy (non-hydrogen) atoms. The van der Waals surface area contributed by atoms with Crippen LogP contribution in [-0.2, 0) is 6.54 Å². The lowest BCUT2D eigenvalue weighted by Crippen LogP contribution is -2.26. The van der Waals surface area contributed by atoms with E-state index >= 15 is 0 Å². The highest BCUT2D eigenvalue weighted by molar-refractivity contribution is 6.44. The van der Waals surface area contributed by atoms with Gasteiger partial charge >= 0.3 is 0 Å². The van der Waals surface area contributed by atoms with Crippen LogP contribution in [0.1, 0.15) is 15.9 Å². The quantitative estimate of drug-likeness (QED) is 0.834. The van der Waals surface area contributed by atoms with Crippen LogP contribution in [0.15, 0.2) is 36.4 Å². The van der Waals surface area contributed by atoms with Crippen molar-refractivity contribution in [3.05, 3.63) is 62.6 Å². The Kier molecular flexibility index (Phi) is 4.99. The molecule has 2 aromatic rings. The molecule has 0 heterocycles. The molecule has 0 bridgehead atoms. The Morgan fingerprint density at radius 3 is 2.38 bits per heavy atom. The molecule has 0 aromatic heterocycles. The first-order chi connectivity index (χ1) is 9.88. The van der Waals surface area contributed by atoms with Crippen LogP contribution in [0, 0.1) is 0 Å². The summed E-state index contributed by atoms with van der Waals surface area (Å²) in [7, 11) is 1.68. The second kappa shape index (κ2) is 6.56. The average Bonchev–Trinajstić information content (AvgIpc) is 2.44. The molecule has 2 rings (SSSR count). The number of hydrogen-bond acceptors (Lipinski definition) is 2. The van der Waals surface area contributed by atoms with Crippen LogP contribution in [0.5, 0.6) is 0 Å².